The first-order chi connectivity index (χ1) is 8.54. The molecule has 1 rings (SSSR count). The van der Waals surface area contributed by atoms with Gasteiger partial charge in [-0.25, -0.2) is 0 Å². The molecule has 4 N–H and O–H groups in total. The van der Waals surface area contributed by atoms with Crippen LogP contribution in [0.3, 0.4) is 0 Å². The number of hydrogen-bond donors (Lipinski definition) is 3. The molecule has 0 aliphatic carbocycles. The van der Waals surface area contributed by atoms with Crippen molar-refractivity contribution in [2.75, 3.05) is 18.4 Å². The third-order valence-electron chi connectivity index (χ3n) is 2.41. The van der Waals surface area contributed by atoms with E-state index in [2.05, 4.69) is 17.6 Å². The highest BCUT2D eigenvalue weighted by Crippen LogP contribution is 2.17. The van der Waals surface area contributed by atoms with Gasteiger partial charge in [0.15, 0.2) is 0 Å². The molecule has 0 atom stereocenters. The molecular weight excluding hydrogens is 230 g/mol. The second kappa shape index (κ2) is 6.64. The van der Waals surface area contributed by atoms with Crippen LogP contribution >= 0.6 is 0 Å². The van der Waals surface area contributed by atoms with E-state index in [1.165, 1.54) is 0 Å². The monoisotopic (exact) mass is 249 g/mol. The van der Waals surface area contributed by atoms with E-state index < -0.39 is 5.91 Å². The van der Waals surface area contributed by atoms with Crippen LogP contribution in [0.15, 0.2) is 18.2 Å². The van der Waals surface area contributed by atoms with E-state index in [1.807, 2.05) is 19.1 Å². The summed E-state index contributed by atoms with van der Waals surface area (Å²) in [6, 6.07) is 5.51. The Morgan fingerprint density at radius 1 is 1.33 bits per heavy atom. The molecule has 1 aromatic rings. The smallest absolute Gasteiger partial charge is 0.253 e. The predicted molar refractivity (Wildman–Crippen MR) is 71.5 cm³/mol. The van der Waals surface area contributed by atoms with Gasteiger partial charge in [-0.05, 0) is 31.0 Å². The molecule has 0 spiro atoms. The Bertz CT molecular complexity index is 444. The Balaban J connectivity index is 2.85. The van der Waals surface area contributed by atoms with Crippen LogP contribution in [0, 0.1) is 6.92 Å². The van der Waals surface area contributed by atoms with E-state index in [9.17, 15) is 9.59 Å². The molecule has 0 radical (unpaired) electrons. The fraction of sp³-hybridized carbons (Fsp3) is 0.385. The number of aryl methyl sites for hydroxylation is 1. The number of hydrogen-bond acceptors (Lipinski definition) is 3. The van der Waals surface area contributed by atoms with E-state index in [0.717, 1.165) is 24.2 Å². The molecule has 18 heavy (non-hydrogen) atoms. The van der Waals surface area contributed by atoms with Gasteiger partial charge >= 0.3 is 0 Å². The van der Waals surface area contributed by atoms with Crippen molar-refractivity contribution >= 4 is 17.5 Å². The van der Waals surface area contributed by atoms with Crippen LogP contribution < -0.4 is 16.4 Å². The van der Waals surface area contributed by atoms with Crippen molar-refractivity contribution in [1.29, 1.82) is 0 Å². The molecule has 0 aliphatic heterocycles. The molecule has 5 heteroatoms. The molecule has 1 aromatic carbocycles. The van der Waals surface area contributed by atoms with Crippen LogP contribution in [-0.2, 0) is 4.79 Å². The number of carbonyl (C=O) groups excluding carboxylic acids is 2. The van der Waals surface area contributed by atoms with Gasteiger partial charge in [0.1, 0.15) is 0 Å². The number of amides is 2. The lowest BCUT2D eigenvalue weighted by atomic mass is 10.1. The van der Waals surface area contributed by atoms with Crippen molar-refractivity contribution in [2.45, 2.75) is 20.3 Å². The van der Waals surface area contributed by atoms with Crippen molar-refractivity contribution in [2.24, 2.45) is 5.73 Å². The van der Waals surface area contributed by atoms with Crippen molar-refractivity contribution in [3.63, 3.8) is 0 Å². The number of carbonyl (C=O) groups is 2. The minimum absolute atomic E-state index is 0.153. The highest BCUT2D eigenvalue weighted by Gasteiger charge is 2.11. The standard InChI is InChI=1S/C13H19N3O2/c1-3-6-15-11-7-9(2)4-5-10(11)13(18)16-8-12(14)17/h4-5,7,15H,3,6,8H2,1-2H3,(H2,14,17)(H,16,18). The van der Waals surface area contributed by atoms with Gasteiger partial charge in [0.05, 0.1) is 12.1 Å². The summed E-state index contributed by atoms with van der Waals surface area (Å²) in [5, 5.41) is 5.68. The highest BCUT2D eigenvalue weighted by molar-refractivity contribution is 6.01. The normalized spacial score (nSPS) is 9.89. The lowest BCUT2D eigenvalue weighted by molar-refractivity contribution is -0.117. The van der Waals surface area contributed by atoms with E-state index in [0.29, 0.717) is 5.56 Å². The average molecular weight is 249 g/mol. The third kappa shape index (κ3) is 4.08. The summed E-state index contributed by atoms with van der Waals surface area (Å²) in [5.41, 5.74) is 7.36. The second-order valence-electron chi connectivity index (χ2n) is 4.12. The lowest BCUT2D eigenvalue weighted by Gasteiger charge is -2.12. The topological polar surface area (TPSA) is 84.2 Å². The summed E-state index contributed by atoms with van der Waals surface area (Å²) in [6.07, 6.45) is 0.969. The Labute approximate surface area is 107 Å². The molecule has 5 nitrogen and oxygen atoms in total. The molecule has 0 heterocycles. The first-order valence-corrected chi connectivity index (χ1v) is 5.95. The van der Waals surface area contributed by atoms with Gasteiger partial charge in [0.2, 0.25) is 5.91 Å². The summed E-state index contributed by atoms with van der Waals surface area (Å²) in [4.78, 5) is 22.5. The number of nitrogens with two attached hydrogens (primary N) is 1. The van der Waals surface area contributed by atoms with Crippen LogP contribution in [-0.4, -0.2) is 24.9 Å². The van der Waals surface area contributed by atoms with E-state index in [1.54, 1.807) is 6.07 Å². The van der Waals surface area contributed by atoms with Crippen LogP contribution in [0.2, 0.25) is 0 Å². The molecular formula is C13H19N3O2. The largest absolute Gasteiger partial charge is 0.384 e. The molecule has 0 aliphatic rings. The number of benzene rings is 1. The first kappa shape index (κ1) is 14.0. The zero-order valence-corrected chi connectivity index (χ0v) is 10.7. The summed E-state index contributed by atoms with van der Waals surface area (Å²) < 4.78 is 0. The van der Waals surface area contributed by atoms with Crippen molar-refractivity contribution in [3.8, 4) is 0 Å². The second-order valence-corrected chi connectivity index (χ2v) is 4.12. The molecule has 2 amide bonds. The predicted octanol–water partition coefficient (Wildman–Crippen LogP) is 1.03. The van der Waals surface area contributed by atoms with Gasteiger partial charge < -0.3 is 16.4 Å². The molecule has 0 unspecified atom stereocenters. The number of anilines is 1. The van der Waals surface area contributed by atoms with Crippen molar-refractivity contribution in [1.82, 2.24) is 5.32 Å². The summed E-state index contributed by atoms with van der Waals surface area (Å²) in [5.74, 6) is -0.856. The zero-order chi connectivity index (χ0) is 13.5. The maximum atomic E-state index is 11.9. The molecule has 0 saturated heterocycles. The summed E-state index contributed by atoms with van der Waals surface area (Å²) >= 11 is 0. The molecule has 0 fully saturated rings. The minimum atomic E-state index is -0.557. The van der Waals surface area contributed by atoms with Gasteiger partial charge in [0.25, 0.3) is 5.91 Å². The van der Waals surface area contributed by atoms with Gasteiger partial charge in [-0.15, -0.1) is 0 Å². The maximum Gasteiger partial charge on any atom is 0.253 e. The molecule has 0 bridgehead atoms. The summed E-state index contributed by atoms with van der Waals surface area (Å²) in [7, 11) is 0. The SMILES string of the molecule is CCCNc1cc(C)ccc1C(=O)NCC(N)=O. The molecule has 0 saturated carbocycles. The average Bonchev–Trinajstić information content (AvgIpc) is 2.33. The minimum Gasteiger partial charge on any atom is -0.384 e. The Morgan fingerprint density at radius 3 is 2.67 bits per heavy atom. The first-order valence-electron chi connectivity index (χ1n) is 5.95. The lowest BCUT2D eigenvalue weighted by Crippen LogP contribution is -2.33. The van der Waals surface area contributed by atoms with Crippen LogP contribution in [0.1, 0.15) is 29.3 Å². The third-order valence-corrected chi connectivity index (χ3v) is 2.41. The van der Waals surface area contributed by atoms with Gasteiger partial charge in [-0.2, -0.15) is 0 Å². The quantitative estimate of drug-likeness (QED) is 0.704. The number of nitrogens with one attached hydrogen (secondary N) is 2. The maximum absolute atomic E-state index is 11.9. The fourth-order valence-electron chi connectivity index (χ4n) is 1.52. The van der Waals surface area contributed by atoms with Crippen LogP contribution in [0.4, 0.5) is 5.69 Å². The Hall–Kier alpha value is -2.04. The van der Waals surface area contributed by atoms with E-state index >= 15 is 0 Å². The van der Waals surface area contributed by atoms with Gasteiger partial charge in [-0.1, -0.05) is 13.0 Å². The van der Waals surface area contributed by atoms with Crippen molar-refractivity contribution in [3.05, 3.63) is 29.3 Å². The highest BCUT2D eigenvalue weighted by atomic mass is 16.2. The number of primary amides is 1. The fourth-order valence-corrected chi connectivity index (χ4v) is 1.52. The van der Waals surface area contributed by atoms with Crippen LogP contribution in [0.25, 0.3) is 0 Å². The number of rotatable bonds is 6. The molecule has 98 valence electrons. The van der Waals surface area contributed by atoms with E-state index in [4.69, 9.17) is 5.73 Å². The Morgan fingerprint density at radius 2 is 2.06 bits per heavy atom. The Kier molecular flexibility index (Phi) is 5.17. The molecule has 0 aromatic heterocycles. The summed E-state index contributed by atoms with van der Waals surface area (Å²) in [6.45, 7) is 4.65. The van der Waals surface area contributed by atoms with Crippen LogP contribution in [0.5, 0.6) is 0 Å². The van der Waals surface area contributed by atoms with Gasteiger partial charge in [-0.3, -0.25) is 9.59 Å². The zero-order valence-electron chi connectivity index (χ0n) is 10.7. The van der Waals surface area contributed by atoms with Gasteiger partial charge in [0, 0.05) is 12.2 Å². The van der Waals surface area contributed by atoms with E-state index in [-0.39, 0.29) is 12.5 Å². The van der Waals surface area contributed by atoms with Crippen molar-refractivity contribution < 1.29 is 9.59 Å².